The third kappa shape index (κ3) is 3.32. The number of hydrogen-bond donors (Lipinski definition) is 2. The van der Waals surface area contributed by atoms with Crippen LogP contribution in [0.2, 0.25) is 0 Å². The predicted octanol–water partition coefficient (Wildman–Crippen LogP) is 3.63. The maximum Gasteiger partial charge on any atom is 0.123 e. The summed E-state index contributed by atoms with van der Waals surface area (Å²) in [6.07, 6.45) is 1.62. The summed E-state index contributed by atoms with van der Waals surface area (Å²) in [6.45, 7) is 2.62. The van der Waals surface area contributed by atoms with Gasteiger partial charge in [0.25, 0.3) is 0 Å². The van der Waals surface area contributed by atoms with Crippen LogP contribution in [0.5, 0.6) is 0 Å². The Morgan fingerprint density at radius 3 is 2.53 bits per heavy atom. The molecule has 2 rings (SSSR count). The van der Waals surface area contributed by atoms with Gasteiger partial charge in [0.05, 0.1) is 0 Å². The SMILES string of the molecule is CCc1ccccc1Nc1ccc(F)cc1CCN. The largest absolute Gasteiger partial charge is 0.355 e. The molecule has 100 valence electrons. The number of benzene rings is 2. The van der Waals surface area contributed by atoms with Crippen LogP contribution in [0, 0.1) is 5.82 Å². The highest BCUT2D eigenvalue weighted by molar-refractivity contribution is 5.66. The van der Waals surface area contributed by atoms with Gasteiger partial charge in [-0.1, -0.05) is 25.1 Å². The Morgan fingerprint density at radius 1 is 1.05 bits per heavy atom. The second-order valence-electron chi connectivity index (χ2n) is 4.48. The van der Waals surface area contributed by atoms with Crippen LogP contribution in [0.1, 0.15) is 18.1 Å². The predicted molar refractivity (Wildman–Crippen MR) is 78.3 cm³/mol. The van der Waals surface area contributed by atoms with Gasteiger partial charge in [-0.3, -0.25) is 0 Å². The molecule has 2 aromatic rings. The quantitative estimate of drug-likeness (QED) is 0.859. The molecule has 0 aliphatic carbocycles. The summed E-state index contributed by atoms with van der Waals surface area (Å²) in [4.78, 5) is 0. The molecule has 2 aromatic carbocycles. The van der Waals surface area contributed by atoms with E-state index in [1.54, 1.807) is 12.1 Å². The first-order valence-corrected chi connectivity index (χ1v) is 6.58. The van der Waals surface area contributed by atoms with Crippen molar-refractivity contribution in [2.45, 2.75) is 19.8 Å². The molecule has 0 bridgehead atoms. The van der Waals surface area contributed by atoms with Crippen LogP contribution >= 0.6 is 0 Å². The maximum absolute atomic E-state index is 13.3. The smallest absolute Gasteiger partial charge is 0.123 e. The highest BCUT2D eigenvalue weighted by Crippen LogP contribution is 2.25. The van der Waals surface area contributed by atoms with Crippen molar-refractivity contribution in [2.75, 3.05) is 11.9 Å². The van der Waals surface area contributed by atoms with Gasteiger partial charge in [-0.25, -0.2) is 4.39 Å². The molecule has 0 spiro atoms. The third-order valence-electron chi connectivity index (χ3n) is 3.15. The van der Waals surface area contributed by atoms with E-state index in [0.29, 0.717) is 13.0 Å². The van der Waals surface area contributed by atoms with E-state index in [1.807, 2.05) is 18.2 Å². The normalized spacial score (nSPS) is 10.5. The van der Waals surface area contributed by atoms with Gasteiger partial charge in [0.15, 0.2) is 0 Å². The Labute approximate surface area is 113 Å². The number of aryl methyl sites for hydroxylation is 1. The topological polar surface area (TPSA) is 38.0 Å². The number of nitrogens with one attached hydrogen (secondary N) is 1. The van der Waals surface area contributed by atoms with Crippen LogP contribution in [0.3, 0.4) is 0 Å². The van der Waals surface area contributed by atoms with E-state index in [1.165, 1.54) is 11.6 Å². The molecule has 19 heavy (non-hydrogen) atoms. The fraction of sp³-hybridized carbons (Fsp3) is 0.250. The lowest BCUT2D eigenvalue weighted by molar-refractivity contribution is 0.625. The number of nitrogens with two attached hydrogens (primary N) is 1. The minimum Gasteiger partial charge on any atom is -0.355 e. The van der Waals surface area contributed by atoms with Crippen molar-refractivity contribution < 1.29 is 4.39 Å². The molecule has 0 heterocycles. The Hall–Kier alpha value is -1.87. The second-order valence-corrected chi connectivity index (χ2v) is 4.48. The molecular weight excluding hydrogens is 239 g/mol. The minimum absolute atomic E-state index is 0.224. The van der Waals surface area contributed by atoms with Crippen LogP contribution in [0.4, 0.5) is 15.8 Å². The van der Waals surface area contributed by atoms with Gasteiger partial charge in [-0.15, -0.1) is 0 Å². The second kappa shape index (κ2) is 6.34. The lowest BCUT2D eigenvalue weighted by atomic mass is 10.1. The Balaban J connectivity index is 2.32. The summed E-state index contributed by atoms with van der Waals surface area (Å²) in [5.74, 6) is -0.224. The standard InChI is InChI=1S/C16H19FN2/c1-2-12-5-3-4-6-15(12)19-16-8-7-14(17)11-13(16)9-10-18/h3-8,11,19H,2,9-10,18H2,1H3. The highest BCUT2D eigenvalue weighted by atomic mass is 19.1. The zero-order valence-corrected chi connectivity index (χ0v) is 11.1. The Kier molecular flexibility index (Phi) is 4.53. The number of rotatable bonds is 5. The van der Waals surface area contributed by atoms with E-state index < -0.39 is 0 Å². The van der Waals surface area contributed by atoms with E-state index in [9.17, 15) is 4.39 Å². The molecule has 0 aliphatic rings. The summed E-state index contributed by atoms with van der Waals surface area (Å²) in [5.41, 5.74) is 9.72. The van der Waals surface area contributed by atoms with E-state index in [4.69, 9.17) is 5.73 Å². The van der Waals surface area contributed by atoms with Crippen LogP contribution in [0.25, 0.3) is 0 Å². The van der Waals surface area contributed by atoms with E-state index >= 15 is 0 Å². The molecule has 0 aromatic heterocycles. The summed E-state index contributed by atoms with van der Waals surface area (Å²) in [5, 5.41) is 3.38. The first kappa shape index (κ1) is 13.6. The molecule has 0 radical (unpaired) electrons. The van der Waals surface area contributed by atoms with Gasteiger partial charge in [0.1, 0.15) is 5.82 Å². The Morgan fingerprint density at radius 2 is 1.79 bits per heavy atom. The first-order valence-electron chi connectivity index (χ1n) is 6.58. The van der Waals surface area contributed by atoms with Crippen molar-refractivity contribution >= 4 is 11.4 Å². The monoisotopic (exact) mass is 258 g/mol. The van der Waals surface area contributed by atoms with Crippen molar-refractivity contribution in [1.29, 1.82) is 0 Å². The van der Waals surface area contributed by atoms with Crippen molar-refractivity contribution in [3.05, 3.63) is 59.4 Å². The van der Waals surface area contributed by atoms with E-state index in [-0.39, 0.29) is 5.82 Å². The van der Waals surface area contributed by atoms with Crippen molar-refractivity contribution in [1.82, 2.24) is 0 Å². The van der Waals surface area contributed by atoms with Crippen molar-refractivity contribution in [3.8, 4) is 0 Å². The number of anilines is 2. The molecule has 3 N–H and O–H groups in total. The maximum atomic E-state index is 13.3. The van der Waals surface area contributed by atoms with Gasteiger partial charge in [0.2, 0.25) is 0 Å². The van der Waals surface area contributed by atoms with Gasteiger partial charge in [0, 0.05) is 11.4 Å². The lowest BCUT2D eigenvalue weighted by Crippen LogP contribution is -2.06. The van der Waals surface area contributed by atoms with Gasteiger partial charge >= 0.3 is 0 Å². The fourth-order valence-electron chi connectivity index (χ4n) is 2.14. The zero-order valence-electron chi connectivity index (χ0n) is 11.1. The summed E-state index contributed by atoms with van der Waals surface area (Å²) in [6, 6.07) is 12.9. The number of hydrogen-bond acceptors (Lipinski definition) is 2. The highest BCUT2D eigenvalue weighted by Gasteiger charge is 2.06. The molecule has 0 saturated heterocycles. The molecular formula is C16H19FN2. The van der Waals surface area contributed by atoms with Crippen LogP contribution in [-0.2, 0) is 12.8 Å². The average molecular weight is 258 g/mol. The first-order chi connectivity index (χ1) is 9.24. The molecule has 3 heteroatoms. The molecule has 0 aliphatic heterocycles. The molecule has 0 saturated carbocycles. The summed E-state index contributed by atoms with van der Waals surface area (Å²) in [7, 11) is 0. The van der Waals surface area contributed by atoms with Gasteiger partial charge in [-0.05, 0) is 54.8 Å². The fourth-order valence-corrected chi connectivity index (χ4v) is 2.14. The Bertz CT molecular complexity index is 552. The van der Waals surface area contributed by atoms with Crippen LogP contribution < -0.4 is 11.1 Å². The zero-order chi connectivity index (χ0) is 13.7. The van der Waals surface area contributed by atoms with Gasteiger partial charge < -0.3 is 11.1 Å². The van der Waals surface area contributed by atoms with Crippen molar-refractivity contribution in [2.24, 2.45) is 5.73 Å². The summed E-state index contributed by atoms with van der Waals surface area (Å²) >= 11 is 0. The van der Waals surface area contributed by atoms with E-state index in [0.717, 1.165) is 23.4 Å². The minimum atomic E-state index is -0.224. The van der Waals surface area contributed by atoms with E-state index in [2.05, 4.69) is 18.3 Å². The average Bonchev–Trinajstić information content (AvgIpc) is 2.43. The molecule has 0 atom stereocenters. The lowest BCUT2D eigenvalue weighted by Gasteiger charge is -2.14. The number of para-hydroxylation sites is 1. The molecule has 0 fully saturated rings. The molecule has 0 amide bonds. The molecule has 2 nitrogen and oxygen atoms in total. The van der Waals surface area contributed by atoms with Crippen LogP contribution in [0.15, 0.2) is 42.5 Å². The summed E-state index contributed by atoms with van der Waals surface area (Å²) < 4.78 is 13.3. The van der Waals surface area contributed by atoms with Gasteiger partial charge in [-0.2, -0.15) is 0 Å². The molecule has 0 unspecified atom stereocenters. The van der Waals surface area contributed by atoms with Crippen molar-refractivity contribution in [3.63, 3.8) is 0 Å². The van der Waals surface area contributed by atoms with Crippen LogP contribution in [-0.4, -0.2) is 6.54 Å². The number of halogens is 1. The third-order valence-corrected chi connectivity index (χ3v) is 3.15.